The summed E-state index contributed by atoms with van der Waals surface area (Å²) in [5, 5.41) is 5.47. The van der Waals surface area contributed by atoms with Crippen molar-refractivity contribution in [2.75, 3.05) is 0 Å². The zero-order valence-corrected chi connectivity index (χ0v) is 12.1. The van der Waals surface area contributed by atoms with Gasteiger partial charge in [0, 0.05) is 18.3 Å². The van der Waals surface area contributed by atoms with Gasteiger partial charge >= 0.3 is 6.03 Å². The van der Waals surface area contributed by atoms with Gasteiger partial charge in [-0.3, -0.25) is 0 Å². The Bertz CT molecular complexity index is 567. The third kappa shape index (κ3) is 4.83. The van der Waals surface area contributed by atoms with E-state index >= 15 is 0 Å². The molecule has 2 N–H and O–H groups in total. The van der Waals surface area contributed by atoms with E-state index in [9.17, 15) is 4.79 Å². The number of rotatable bonds is 6. The fraction of sp³-hybridized carbons (Fsp3) is 0.333. The van der Waals surface area contributed by atoms with E-state index in [2.05, 4.69) is 15.6 Å². The molecule has 0 aliphatic rings. The summed E-state index contributed by atoms with van der Waals surface area (Å²) in [7, 11) is 0. The molecular weight excluding hydrogens is 270 g/mol. The third-order valence-electron chi connectivity index (χ3n) is 2.64. The van der Waals surface area contributed by atoms with Gasteiger partial charge in [-0.25, -0.2) is 9.78 Å². The number of hydrogen-bond acceptors (Lipinski definition) is 4. The molecule has 6 heteroatoms. The monoisotopic (exact) mass is 289 g/mol. The van der Waals surface area contributed by atoms with Crippen molar-refractivity contribution < 1.29 is 13.9 Å². The van der Waals surface area contributed by atoms with Crippen LogP contribution < -0.4 is 15.4 Å². The molecule has 2 aromatic rings. The lowest BCUT2D eigenvalue weighted by molar-refractivity contribution is 0.228. The molecule has 0 atom stereocenters. The maximum absolute atomic E-state index is 11.7. The topological polar surface area (TPSA) is 76.4 Å². The third-order valence-corrected chi connectivity index (χ3v) is 2.64. The number of hydrogen-bond donors (Lipinski definition) is 2. The fourth-order valence-corrected chi connectivity index (χ4v) is 1.71. The van der Waals surface area contributed by atoms with E-state index in [0.717, 1.165) is 5.56 Å². The predicted molar refractivity (Wildman–Crippen MR) is 77.8 cm³/mol. The first-order valence-corrected chi connectivity index (χ1v) is 6.80. The summed E-state index contributed by atoms with van der Waals surface area (Å²) in [4.78, 5) is 15.9. The zero-order chi connectivity index (χ0) is 15.1. The molecule has 0 spiro atoms. The molecule has 0 saturated heterocycles. The van der Waals surface area contributed by atoms with Gasteiger partial charge in [0.2, 0.25) is 5.88 Å². The summed E-state index contributed by atoms with van der Waals surface area (Å²) in [5.74, 6) is 1.24. The number of nitrogens with one attached hydrogen (secondary N) is 2. The number of amides is 2. The van der Waals surface area contributed by atoms with Gasteiger partial charge in [-0.1, -0.05) is 6.07 Å². The highest BCUT2D eigenvalue weighted by Gasteiger charge is 2.08. The average molecular weight is 289 g/mol. The van der Waals surface area contributed by atoms with Crippen LogP contribution in [0.25, 0.3) is 0 Å². The summed E-state index contributed by atoms with van der Waals surface area (Å²) in [6.07, 6.45) is 3.27. The van der Waals surface area contributed by atoms with E-state index in [1.807, 2.05) is 26.0 Å². The molecule has 2 amide bonds. The molecule has 2 heterocycles. The van der Waals surface area contributed by atoms with Gasteiger partial charge in [-0.05, 0) is 32.0 Å². The van der Waals surface area contributed by atoms with Crippen molar-refractivity contribution in [2.45, 2.75) is 33.0 Å². The second kappa shape index (κ2) is 7.33. The van der Waals surface area contributed by atoms with Gasteiger partial charge in [-0.15, -0.1) is 0 Å². The first-order valence-electron chi connectivity index (χ1n) is 6.80. The van der Waals surface area contributed by atoms with Crippen LogP contribution in [-0.4, -0.2) is 17.1 Å². The number of nitrogens with zero attached hydrogens (tertiary/aromatic N) is 1. The lowest BCUT2D eigenvalue weighted by Gasteiger charge is -2.13. The van der Waals surface area contributed by atoms with E-state index in [1.165, 1.54) is 0 Å². The average Bonchev–Trinajstić information content (AvgIpc) is 2.97. The quantitative estimate of drug-likeness (QED) is 0.856. The van der Waals surface area contributed by atoms with Crippen molar-refractivity contribution in [3.05, 3.63) is 48.0 Å². The number of carbonyl (C=O) groups excluding carboxylic acids is 1. The summed E-state index contributed by atoms with van der Waals surface area (Å²) < 4.78 is 10.7. The van der Waals surface area contributed by atoms with Gasteiger partial charge in [0.25, 0.3) is 0 Å². The number of urea groups is 1. The molecule has 0 unspecified atom stereocenters. The van der Waals surface area contributed by atoms with E-state index in [0.29, 0.717) is 24.7 Å². The summed E-state index contributed by atoms with van der Waals surface area (Å²) >= 11 is 0. The van der Waals surface area contributed by atoms with Gasteiger partial charge < -0.3 is 19.8 Å². The smallest absolute Gasteiger partial charge is 0.315 e. The molecule has 0 radical (unpaired) electrons. The normalized spacial score (nSPS) is 10.4. The number of pyridine rings is 1. The maximum Gasteiger partial charge on any atom is 0.315 e. The molecular formula is C15H19N3O3. The number of carbonyl (C=O) groups is 1. The summed E-state index contributed by atoms with van der Waals surface area (Å²) in [6.45, 7) is 4.56. The number of aromatic nitrogens is 1. The highest BCUT2D eigenvalue weighted by molar-refractivity contribution is 5.73. The minimum atomic E-state index is -0.272. The van der Waals surface area contributed by atoms with Crippen LogP contribution in [0.15, 0.2) is 41.1 Å². The van der Waals surface area contributed by atoms with E-state index in [-0.39, 0.29) is 12.1 Å². The Morgan fingerprint density at radius 2 is 2.10 bits per heavy atom. The lowest BCUT2D eigenvalue weighted by atomic mass is 10.2. The molecule has 21 heavy (non-hydrogen) atoms. The second-order valence-electron chi connectivity index (χ2n) is 4.75. The zero-order valence-electron chi connectivity index (χ0n) is 12.1. The van der Waals surface area contributed by atoms with Crippen LogP contribution in [0.4, 0.5) is 4.79 Å². The Morgan fingerprint density at radius 1 is 1.29 bits per heavy atom. The first kappa shape index (κ1) is 14.9. The molecule has 112 valence electrons. The molecule has 0 bridgehead atoms. The Labute approximate surface area is 123 Å². The molecule has 0 fully saturated rings. The Kier molecular flexibility index (Phi) is 5.20. The highest BCUT2D eigenvalue weighted by atomic mass is 16.5. The largest absolute Gasteiger partial charge is 0.475 e. The standard InChI is InChI=1S/C15H19N3O3/c1-11(2)21-14-12(5-3-7-16-14)9-17-15(19)18-10-13-6-4-8-20-13/h3-8,11H,9-10H2,1-2H3,(H2,17,18,19). The highest BCUT2D eigenvalue weighted by Crippen LogP contribution is 2.15. The van der Waals surface area contributed by atoms with E-state index in [4.69, 9.17) is 9.15 Å². The van der Waals surface area contributed by atoms with Crippen LogP contribution >= 0.6 is 0 Å². The van der Waals surface area contributed by atoms with E-state index < -0.39 is 0 Å². The van der Waals surface area contributed by atoms with Crippen molar-refractivity contribution in [2.24, 2.45) is 0 Å². The minimum Gasteiger partial charge on any atom is -0.475 e. The van der Waals surface area contributed by atoms with Gasteiger partial charge in [0.1, 0.15) is 5.76 Å². The molecule has 0 aliphatic carbocycles. The van der Waals surface area contributed by atoms with Crippen molar-refractivity contribution >= 4 is 6.03 Å². The second-order valence-corrected chi connectivity index (χ2v) is 4.75. The van der Waals surface area contributed by atoms with Crippen molar-refractivity contribution in [1.29, 1.82) is 0 Å². The van der Waals surface area contributed by atoms with Crippen LogP contribution in [-0.2, 0) is 13.1 Å². The first-order chi connectivity index (χ1) is 10.1. The van der Waals surface area contributed by atoms with Crippen LogP contribution in [0.3, 0.4) is 0 Å². The molecule has 2 aromatic heterocycles. The summed E-state index contributed by atoms with van der Waals surface area (Å²) in [5.41, 5.74) is 0.833. The fourth-order valence-electron chi connectivity index (χ4n) is 1.71. The Balaban J connectivity index is 1.83. The number of furan rings is 1. The molecule has 0 aliphatic heterocycles. The van der Waals surface area contributed by atoms with Crippen molar-refractivity contribution in [3.8, 4) is 5.88 Å². The Hall–Kier alpha value is -2.50. The summed E-state index contributed by atoms with van der Waals surface area (Å²) in [6, 6.07) is 6.99. The van der Waals surface area contributed by atoms with Crippen LogP contribution in [0, 0.1) is 0 Å². The molecule has 6 nitrogen and oxygen atoms in total. The van der Waals surface area contributed by atoms with Crippen LogP contribution in [0.2, 0.25) is 0 Å². The molecule has 2 rings (SSSR count). The SMILES string of the molecule is CC(C)Oc1ncccc1CNC(=O)NCc1ccco1. The van der Waals surface area contributed by atoms with Crippen molar-refractivity contribution in [3.63, 3.8) is 0 Å². The van der Waals surface area contributed by atoms with Gasteiger partial charge in [0.15, 0.2) is 0 Å². The maximum atomic E-state index is 11.7. The number of ether oxygens (including phenoxy) is 1. The Morgan fingerprint density at radius 3 is 2.81 bits per heavy atom. The van der Waals surface area contributed by atoms with Crippen LogP contribution in [0.5, 0.6) is 5.88 Å². The molecule has 0 saturated carbocycles. The predicted octanol–water partition coefficient (Wildman–Crippen LogP) is 2.46. The minimum absolute atomic E-state index is 0.0337. The van der Waals surface area contributed by atoms with Crippen LogP contribution in [0.1, 0.15) is 25.2 Å². The lowest BCUT2D eigenvalue weighted by Crippen LogP contribution is -2.34. The molecule has 0 aromatic carbocycles. The van der Waals surface area contributed by atoms with Gasteiger partial charge in [0.05, 0.1) is 18.9 Å². The van der Waals surface area contributed by atoms with Gasteiger partial charge in [-0.2, -0.15) is 0 Å². The van der Waals surface area contributed by atoms with E-state index in [1.54, 1.807) is 24.6 Å². The van der Waals surface area contributed by atoms with Crippen molar-refractivity contribution in [1.82, 2.24) is 15.6 Å².